The molecule has 0 radical (unpaired) electrons. The van der Waals surface area contributed by atoms with Crippen LogP contribution in [0.1, 0.15) is 5.56 Å². The van der Waals surface area contributed by atoms with E-state index in [9.17, 15) is 17.6 Å². The first kappa shape index (κ1) is 14.9. The number of hydrogen-bond donors (Lipinski definition) is 1. The Bertz CT molecular complexity index is 594. The van der Waals surface area contributed by atoms with Gasteiger partial charge in [0.2, 0.25) is 5.71 Å². The fourth-order valence-corrected chi connectivity index (χ4v) is 1.72. The number of nitrogens with zero attached hydrogens (tertiary/aromatic N) is 3. The van der Waals surface area contributed by atoms with Gasteiger partial charge in [0.05, 0.1) is 10.2 Å². The van der Waals surface area contributed by atoms with Crippen molar-refractivity contribution in [2.75, 3.05) is 5.43 Å². The maximum Gasteiger partial charge on any atom is 0.420 e. The molecule has 0 unspecified atom stereocenters. The molecule has 0 saturated carbocycles. The summed E-state index contributed by atoms with van der Waals surface area (Å²) < 4.78 is 50.3. The molecule has 0 atom stereocenters. The van der Waals surface area contributed by atoms with Gasteiger partial charge in [0.15, 0.2) is 0 Å². The molecule has 1 aromatic rings. The molecule has 0 amide bonds. The van der Waals surface area contributed by atoms with Gasteiger partial charge >= 0.3 is 6.18 Å². The van der Waals surface area contributed by atoms with Crippen LogP contribution in [0, 0.1) is 28.5 Å². The Morgan fingerprint density at radius 1 is 1.26 bits per heavy atom. The quantitative estimate of drug-likeness (QED) is 0.511. The zero-order valence-corrected chi connectivity index (χ0v) is 10.5. The lowest BCUT2D eigenvalue weighted by molar-refractivity contribution is -0.140. The number of nitriles is 2. The molecular formula is C10H3BrF4N4. The molecule has 1 N–H and O–H groups in total. The Morgan fingerprint density at radius 2 is 1.84 bits per heavy atom. The Labute approximate surface area is 113 Å². The van der Waals surface area contributed by atoms with Gasteiger partial charge in [0.1, 0.15) is 23.5 Å². The third-order valence-electron chi connectivity index (χ3n) is 1.87. The molecule has 0 aliphatic heterocycles. The van der Waals surface area contributed by atoms with Gasteiger partial charge in [-0.3, -0.25) is 5.43 Å². The average Bonchev–Trinajstić information content (AvgIpc) is 2.31. The average molecular weight is 335 g/mol. The topological polar surface area (TPSA) is 72.0 Å². The predicted octanol–water partition coefficient (Wildman–Crippen LogP) is 3.42. The number of hydrazone groups is 1. The van der Waals surface area contributed by atoms with Crippen LogP contribution in [0.25, 0.3) is 0 Å². The fourth-order valence-electron chi connectivity index (χ4n) is 1.09. The number of alkyl halides is 3. The van der Waals surface area contributed by atoms with Crippen LogP contribution in [-0.2, 0) is 6.18 Å². The van der Waals surface area contributed by atoms with Crippen LogP contribution in [0.4, 0.5) is 23.2 Å². The molecule has 0 aromatic heterocycles. The molecule has 0 aliphatic rings. The van der Waals surface area contributed by atoms with E-state index < -0.39 is 27.7 Å². The normalized spacial score (nSPS) is 10.3. The zero-order chi connectivity index (χ0) is 14.6. The highest BCUT2D eigenvalue weighted by molar-refractivity contribution is 9.10. The summed E-state index contributed by atoms with van der Waals surface area (Å²) in [7, 11) is 0. The lowest BCUT2D eigenvalue weighted by Crippen LogP contribution is -2.10. The van der Waals surface area contributed by atoms with E-state index in [0.29, 0.717) is 6.07 Å². The highest BCUT2D eigenvalue weighted by atomic mass is 79.9. The van der Waals surface area contributed by atoms with Crippen molar-refractivity contribution in [3.63, 3.8) is 0 Å². The summed E-state index contributed by atoms with van der Waals surface area (Å²) in [6.45, 7) is 0. The molecule has 1 rings (SSSR count). The second-order valence-electron chi connectivity index (χ2n) is 3.08. The van der Waals surface area contributed by atoms with Crippen LogP contribution in [-0.4, -0.2) is 5.71 Å². The van der Waals surface area contributed by atoms with E-state index in [4.69, 9.17) is 10.5 Å². The van der Waals surface area contributed by atoms with Crippen molar-refractivity contribution in [1.29, 1.82) is 10.5 Å². The van der Waals surface area contributed by atoms with Crippen molar-refractivity contribution in [2.24, 2.45) is 5.10 Å². The molecule has 0 fully saturated rings. The molecular weight excluding hydrogens is 332 g/mol. The minimum atomic E-state index is -4.89. The summed E-state index contributed by atoms with van der Waals surface area (Å²) in [5, 5.41) is 20.1. The Balaban J connectivity index is 3.24. The van der Waals surface area contributed by atoms with Crippen molar-refractivity contribution in [3.05, 3.63) is 28.0 Å². The summed E-state index contributed by atoms with van der Waals surface area (Å²) in [5.41, 5.74) is -0.217. The molecule has 0 aliphatic carbocycles. The number of nitrogens with one attached hydrogen (secondary N) is 1. The fraction of sp³-hybridized carbons (Fsp3) is 0.100. The van der Waals surface area contributed by atoms with Gasteiger partial charge < -0.3 is 0 Å². The van der Waals surface area contributed by atoms with Crippen molar-refractivity contribution in [1.82, 2.24) is 0 Å². The monoisotopic (exact) mass is 334 g/mol. The van der Waals surface area contributed by atoms with Crippen LogP contribution in [0.15, 0.2) is 21.7 Å². The minimum Gasteiger partial charge on any atom is -0.275 e. The molecule has 9 heteroatoms. The van der Waals surface area contributed by atoms with Crippen molar-refractivity contribution >= 4 is 27.3 Å². The zero-order valence-electron chi connectivity index (χ0n) is 8.89. The molecule has 4 nitrogen and oxygen atoms in total. The summed E-state index contributed by atoms with van der Waals surface area (Å²) in [4.78, 5) is 0. The highest BCUT2D eigenvalue weighted by Gasteiger charge is 2.37. The third-order valence-corrected chi connectivity index (χ3v) is 2.70. The maximum absolute atomic E-state index is 13.1. The van der Waals surface area contributed by atoms with Crippen molar-refractivity contribution < 1.29 is 17.6 Å². The van der Waals surface area contributed by atoms with Gasteiger partial charge in [-0.15, -0.1) is 0 Å². The molecule has 0 bridgehead atoms. The molecule has 0 spiro atoms. The Hall–Kier alpha value is -2.13. The van der Waals surface area contributed by atoms with E-state index in [-0.39, 0.29) is 5.69 Å². The van der Waals surface area contributed by atoms with E-state index in [1.807, 2.05) is 0 Å². The SMILES string of the molecule is N#CC(C#N)=NNc1ccc(F)c(C(F)(F)F)c1Br. The van der Waals surface area contributed by atoms with Crippen LogP contribution >= 0.6 is 15.9 Å². The van der Waals surface area contributed by atoms with E-state index in [2.05, 4.69) is 26.5 Å². The third kappa shape index (κ3) is 3.42. The summed E-state index contributed by atoms with van der Waals surface area (Å²) in [6.07, 6.45) is -4.89. The lowest BCUT2D eigenvalue weighted by Gasteiger charge is -2.13. The standard InChI is InChI=1S/C10H3BrF4N4/c11-9-7(19-18-5(3-16)4-17)2-1-6(12)8(9)10(13,14)15/h1-2,19H. The number of anilines is 1. The molecule has 0 heterocycles. The van der Waals surface area contributed by atoms with Gasteiger partial charge in [-0.25, -0.2) is 4.39 Å². The molecule has 19 heavy (non-hydrogen) atoms. The van der Waals surface area contributed by atoms with Crippen molar-refractivity contribution in [3.8, 4) is 12.1 Å². The van der Waals surface area contributed by atoms with Crippen LogP contribution < -0.4 is 5.43 Å². The first-order valence-electron chi connectivity index (χ1n) is 4.50. The molecule has 1 aromatic carbocycles. The largest absolute Gasteiger partial charge is 0.420 e. The summed E-state index contributed by atoms with van der Waals surface area (Å²) in [6, 6.07) is 4.42. The smallest absolute Gasteiger partial charge is 0.275 e. The van der Waals surface area contributed by atoms with E-state index in [1.54, 1.807) is 0 Å². The predicted molar refractivity (Wildman–Crippen MR) is 61.4 cm³/mol. The van der Waals surface area contributed by atoms with Gasteiger partial charge in [-0.2, -0.15) is 28.8 Å². The number of hydrogen-bond acceptors (Lipinski definition) is 4. The highest BCUT2D eigenvalue weighted by Crippen LogP contribution is 2.40. The van der Waals surface area contributed by atoms with Gasteiger partial charge in [-0.05, 0) is 28.1 Å². The second-order valence-corrected chi connectivity index (χ2v) is 3.87. The first-order valence-corrected chi connectivity index (χ1v) is 5.29. The maximum atomic E-state index is 13.1. The Morgan fingerprint density at radius 3 is 2.32 bits per heavy atom. The van der Waals surface area contributed by atoms with Crippen LogP contribution in [0.3, 0.4) is 0 Å². The number of rotatable bonds is 2. The van der Waals surface area contributed by atoms with E-state index in [0.717, 1.165) is 6.07 Å². The van der Waals surface area contributed by atoms with Gasteiger partial charge in [-0.1, -0.05) is 0 Å². The summed E-state index contributed by atoms with van der Waals surface area (Å²) >= 11 is 2.60. The number of benzene rings is 1. The lowest BCUT2D eigenvalue weighted by atomic mass is 10.2. The summed E-state index contributed by atoms with van der Waals surface area (Å²) in [5.74, 6) is -1.45. The van der Waals surface area contributed by atoms with Gasteiger partial charge in [0.25, 0.3) is 0 Å². The first-order chi connectivity index (χ1) is 8.81. The molecule has 0 saturated heterocycles. The van der Waals surface area contributed by atoms with E-state index >= 15 is 0 Å². The number of halogens is 5. The minimum absolute atomic E-state index is 0.225. The van der Waals surface area contributed by atoms with Crippen LogP contribution in [0.2, 0.25) is 0 Å². The molecule has 98 valence electrons. The van der Waals surface area contributed by atoms with E-state index in [1.165, 1.54) is 12.1 Å². The van der Waals surface area contributed by atoms with Crippen LogP contribution in [0.5, 0.6) is 0 Å². The second kappa shape index (κ2) is 5.67. The van der Waals surface area contributed by atoms with Gasteiger partial charge in [0, 0.05) is 0 Å². The van der Waals surface area contributed by atoms with Crippen molar-refractivity contribution in [2.45, 2.75) is 6.18 Å². The Kier molecular flexibility index (Phi) is 4.46.